The molecule has 1 heterocycles. The van der Waals surface area contributed by atoms with Crippen molar-refractivity contribution in [3.05, 3.63) is 71.4 Å². The molecule has 4 heteroatoms. The normalized spacial score (nSPS) is 12.3. The fraction of sp³-hybridized carbons (Fsp3) is 0.211. The van der Waals surface area contributed by atoms with E-state index in [0.717, 1.165) is 22.0 Å². The van der Waals surface area contributed by atoms with Crippen molar-refractivity contribution in [3.63, 3.8) is 0 Å². The Balaban J connectivity index is 1.74. The summed E-state index contributed by atoms with van der Waals surface area (Å²) in [5.74, 6) is -0.199. The standard InChI is InChI=1S/C19H20N2O2/c1-13-6-5-9-15-11-17(21-18(13)15)19(23)20-16(12-22)10-14-7-3-2-4-8-14/h2-9,11,16,21-22H,10,12H2,1H3,(H,20,23). The summed E-state index contributed by atoms with van der Waals surface area (Å²) in [6.07, 6.45) is 0.600. The maximum Gasteiger partial charge on any atom is 0.268 e. The first-order chi connectivity index (χ1) is 11.2. The third kappa shape index (κ3) is 3.43. The lowest BCUT2D eigenvalue weighted by Gasteiger charge is -2.15. The van der Waals surface area contributed by atoms with E-state index in [-0.39, 0.29) is 18.6 Å². The monoisotopic (exact) mass is 308 g/mol. The molecule has 0 radical (unpaired) electrons. The Morgan fingerprint density at radius 3 is 2.65 bits per heavy atom. The molecule has 0 aliphatic rings. The van der Waals surface area contributed by atoms with Crippen LogP contribution in [-0.2, 0) is 6.42 Å². The molecule has 0 fully saturated rings. The van der Waals surface area contributed by atoms with E-state index < -0.39 is 0 Å². The molecule has 0 saturated heterocycles. The number of rotatable bonds is 5. The van der Waals surface area contributed by atoms with Gasteiger partial charge in [0.1, 0.15) is 5.69 Å². The molecule has 1 aromatic heterocycles. The number of aryl methyl sites for hydroxylation is 1. The van der Waals surface area contributed by atoms with E-state index in [1.807, 2.05) is 61.5 Å². The van der Waals surface area contributed by atoms with Crippen molar-refractivity contribution >= 4 is 16.8 Å². The number of nitrogens with one attached hydrogen (secondary N) is 2. The molecular formula is C19H20N2O2. The maximum absolute atomic E-state index is 12.4. The Bertz CT molecular complexity index is 809. The summed E-state index contributed by atoms with van der Waals surface area (Å²) < 4.78 is 0. The highest BCUT2D eigenvalue weighted by atomic mass is 16.3. The number of carbonyl (C=O) groups is 1. The number of benzene rings is 2. The van der Waals surface area contributed by atoms with Crippen LogP contribution in [0.5, 0.6) is 0 Å². The number of aromatic amines is 1. The van der Waals surface area contributed by atoms with Gasteiger partial charge in [0, 0.05) is 10.9 Å². The van der Waals surface area contributed by atoms with Crippen LogP contribution in [0.4, 0.5) is 0 Å². The zero-order chi connectivity index (χ0) is 16.2. The average Bonchev–Trinajstić information content (AvgIpc) is 3.01. The second-order valence-electron chi connectivity index (χ2n) is 5.76. The number of aliphatic hydroxyl groups excluding tert-OH is 1. The molecule has 3 rings (SSSR count). The first-order valence-corrected chi connectivity index (χ1v) is 7.71. The Kier molecular flexibility index (Phi) is 4.44. The summed E-state index contributed by atoms with van der Waals surface area (Å²) in [4.78, 5) is 15.6. The molecule has 0 aliphatic heterocycles. The van der Waals surface area contributed by atoms with Gasteiger partial charge in [-0.05, 0) is 30.5 Å². The first kappa shape index (κ1) is 15.3. The van der Waals surface area contributed by atoms with Gasteiger partial charge in [0.05, 0.1) is 12.6 Å². The third-order valence-electron chi connectivity index (χ3n) is 3.99. The fourth-order valence-electron chi connectivity index (χ4n) is 2.75. The molecule has 4 nitrogen and oxygen atoms in total. The molecule has 118 valence electrons. The molecule has 23 heavy (non-hydrogen) atoms. The summed E-state index contributed by atoms with van der Waals surface area (Å²) >= 11 is 0. The minimum atomic E-state index is -0.308. The SMILES string of the molecule is Cc1cccc2cc(C(=O)NC(CO)Cc3ccccc3)[nH]c12. The molecule has 3 N–H and O–H groups in total. The van der Waals surface area contributed by atoms with E-state index >= 15 is 0 Å². The van der Waals surface area contributed by atoms with E-state index in [2.05, 4.69) is 10.3 Å². The van der Waals surface area contributed by atoms with E-state index in [1.165, 1.54) is 0 Å². The lowest BCUT2D eigenvalue weighted by atomic mass is 10.1. The zero-order valence-corrected chi connectivity index (χ0v) is 13.0. The van der Waals surface area contributed by atoms with Crippen LogP contribution in [0, 0.1) is 6.92 Å². The van der Waals surface area contributed by atoms with Crippen LogP contribution in [0.25, 0.3) is 10.9 Å². The number of hydrogen-bond donors (Lipinski definition) is 3. The van der Waals surface area contributed by atoms with Crippen LogP contribution < -0.4 is 5.32 Å². The van der Waals surface area contributed by atoms with E-state index in [0.29, 0.717) is 12.1 Å². The highest BCUT2D eigenvalue weighted by Crippen LogP contribution is 2.18. The number of hydrogen-bond acceptors (Lipinski definition) is 2. The van der Waals surface area contributed by atoms with Crippen LogP contribution >= 0.6 is 0 Å². The van der Waals surface area contributed by atoms with Gasteiger partial charge in [-0.15, -0.1) is 0 Å². The van der Waals surface area contributed by atoms with Gasteiger partial charge < -0.3 is 15.4 Å². The topological polar surface area (TPSA) is 65.1 Å². The molecule has 0 bridgehead atoms. The molecular weight excluding hydrogens is 288 g/mol. The number of amides is 1. The highest BCUT2D eigenvalue weighted by molar-refractivity contribution is 5.98. The lowest BCUT2D eigenvalue weighted by Crippen LogP contribution is -2.39. The van der Waals surface area contributed by atoms with Gasteiger partial charge in [-0.25, -0.2) is 0 Å². The van der Waals surface area contributed by atoms with Crippen molar-refractivity contribution < 1.29 is 9.90 Å². The van der Waals surface area contributed by atoms with Crippen molar-refractivity contribution in [2.24, 2.45) is 0 Å². The zero-order valence-electron chi connectivity index (χ0n) is 13.0. The Morgan fingerprint density at radius 1 is 1.17 bits per heavy atom. The summed E-state index contributed by atoms with van der Waals surface area (Å²) in [6.45, 7) is 1.91. The van der Waals surface area contributed by atoms with Crippen molar-refractivity contribution in [2.45, 2.75) is 19.4 Å². The molecule has 0 saturated carbocycles. The van der Waals surface area contributed by atoms with Crippen molar-refractivity contribution in [3.8, 4) is 0 Å². The van der Waals surface area contributed by atoms with Crippen LogP contribution in [0.1, 0.15) is 21.6 Å². The van der Waals surface area contributed by atoms with Crippen LogP contribution in [0.3, 0.4) is 0 Å². The second kappa shape index (κ2) is 6.67. The van der Waals surface area contributed by atoms with Gasteiger partial charge in [0.2, 0.25) is 0 Å². The molecule has 0 spiro atoms. The van der Waals surface area contributed by atoms with Gasteiger partial charge >= 0.3 is 0 Å². The van der Waals surface area contributed by atoms with Crippen LogP contribution in [0.15, 0.2) is 54.6 Å². The summed E-state index contributed by atoms with van der Waals surface area (Å²) in [7, 11) is 0. The van der Waals surface area contributed by atoms with Gasteiger partial charge in [-0.2, -0.15) is 0 Å². The highest BCUT2D eigenvalue weighted by Gasteiger charge is 2.15. The van der Waals surface area contributed by atoms with Gasteiger partial charge in [0.15, 0.2) is 0 Å². The minimum absolute atomic E-state index is 0.0973. The van der Waals surface area contributed by atoms with E-state index in [1.54, 1.807) is 0 Å². The van der Waals surface area contributed by atoms with Crippen LogP contribution in [0.2, 0.25) is 0 Å². The number of para-hydroxylation sites is 1. The quantitative estimate of drug-likeness (QED) is 0.678. The molecule has 2 aromatic carbocycles. The number of aromatic nitrogens is 1. The number of fused-ring (bicyclic) bond motifs is 1. The van der Waals surface area contributed by atoms with E-state index in [4.69, 9.17) is 0 Å². The van der Waals surface area contributed by atoms with Gasteiger partial charge in [-0.3, -0.25) is 4.79 Å². The largest absolute Gasteiger partial charge is 0.394 e. The maximum atomic E-state index is 12.4. The predicted molar refractivity (Wildman–Crippen MR) is 91.5 cm³/mol. The summed E-state index contributed by atoms with van der Waals surface area (Å²) in [6, 6.07) is 17.3. The number of carbonyl (C=O) groups excluding carboxylic acids is 1. The second-order valence-corrected chi connectivity index (χ2v) is 5.76. The number of aliphatic hydroxyl groups is 1. The van der Waals surface area contributed by atoms with Crippen molar-refractivity contribution in [2.75, 3.05) is 6.61 Å². The first-order valence-electron chi connectivity index (χ1n) is 7.71. The predicted octanol–water partition coefficient (Wildman–Crippen LogP) is 2.81. The number of H-pyrrole nitrogens is 1. The van der Waals surface area contributed by atoms with Crippen molar-refractivity contribution in [1.82, 2.24) is 10.3 Å². The van der Waals surface area contributed by atoms with Gasteiger partial charge in [-0.1, -0.05) is 48.5 Å². The average molecular weight is 308 g/mol. The lowest BCUT2D eigenvalue weighted by molar-refractivity contribution is 0.0912. The molecule has 1 amide bonds. The smallest absolute Gasteiger partial charge is 0.268 e. The Morgan fingerprint density at radius 2 is 1.96 bits per heavy atom. The molecule has 1 unspecified atom stereocenters. The van der Waals surface area contributed by atoms with Crippen LogP contribution in [-0.4, -0.2) is 28.6 Å². The summed E-state index contributed by atoms with van der Waals surface area (Å²) in [5.41, 5.74) is 3.67. The Hall–Kier alpha value is -2.59. The summed E-state index contributed by atoms with van der Waals surface area (Å²) in [5, 5.41) is 13.4. The minimum Gasteiger partial charge on any atom is -0.394 e. The van der Waals surface area contributed by atoms with E-state index in [9.17, 15) is 9.90 Å². The van der Waals surface area contributed by atoms with Gasteiger partial charge in [0.25, 0.3) is 5.91 Å². The molecule has 0 aliphatic carbocycles. The fourth-order valence-corrected chi connectivity index (χ4v) is 2.75. The molecule has 1 atom stereocenters. The van der Waals surface area contributed by atoms with Crippen molar-refractivity contribution in [1.29, 1.82) is 0 Å². The Labute approximate surface area is 135 Å². The molecule has 3 aromatic rings. The third-order valence-corrected chi connectivity index (χ3v) is 3.99.